The molecule has 0 unspecified atom stereocenters. The summed E-state index contributed by atoms with van der Waals surface area (Å²) < 4.78 is 7.03. The van der Waals surface area contributed by atoms with Crippen molar-refractivity contribution in [2.24, 2.45) is 0 Å². The first kappa shape index (κ1) is 28.2. The third-order valence-electron chi connectivity index (χ3n) is 10.8. The van der Waals surface area contributed by atoms with Crippen LogP contribution in [-0.4, -0.2) is 0 Å². The van der Waals surface area contributed by atoms with Gasteiger partial charge in [0, 0.05) is 22.3 Å². The zero-order chi connectivity index (χ0) is 32.9. The van der Waals surface area contributed by atoms with Gasteiger partial charge in [0.1, 0.15) is 11.2 Å². The van der Waals surface area contributed by atoms with Gasteiger partial charge in [-0.25, -0.2) is 0 Å². The van der Waals surface area contributed by atoms with E-state index in [1.807, 2.05) is 0 Å². The normalized spacial score (nSPS) is 13.8. The maximum atomic E-state index is 7.03. The highest BCUT2D eigenvalue weighted by molar-refractivity contribution is 6.19. The summed E-state index contributed by atoms with van der Waals surface area (Å²) in [7, 11) is 0. The number of fused-ring (bicyclic) bond motifs is 14. The van der Waals surface area contributed by atoms with Gasteiger partial charge in [0.05, 0.1) is 16.5 Å². The van der Waals surface area contributed by atoms with Crippen LogP contribution in [0.1, 0.15) is 48.6 Å². The Hall–Kier alpha value is -5.86. The molecule has 2 aliphatic rings. The summed E-state index contributed by atoms with van der Waals surface area (Å²) in [6, 6.07) is 57.9. The summed E-state index contributed by atoms with van der Waals surface area (Å²) in [6.07, 6.45) is 0. The van der Waals surface area contributed by atoms with E-state index in [0.717, 1.165) is 39.0 Å². The number of hydrogen-bond acceptors (Lipinski definition) is 2. The SMILES string of the molecule is CC(C)(C)c1ccc(N(c2ccccc2)c2cc3c(c4oc5ccccc5c24)-c2ccccc2C32c3ccccc3-c3ccccc32)cc1. The summed E-state index contributed by atoms with van der Waals surface area (Å²) in [5.41, 5.74) is 16.3. The highest BCUT2D eigenvalue weighted by Crippen LogP contribution is 2.65. The van der Waals surface area contributed by atoms with Crippen molar-refractivity contribution in [3.8, 4) is 22.3 Å². The van der Waals surface area contributed by atoms with Gasteiger partial charge in [-0.1, -0.05) is 142 Å². The molecule has 2 aliphatic carbocycles. The quantitative estimate of drug-likeness (QED) is 0.193. The van der Waals surface area contributed by atoms with Gasteiger partial charge < -0.3 is 9.32 Å². The van der Waals surface area contributed by atoms with Crippen molar-refractivity contribution >= 4 is 39.0 Å². The molecule has 0 aliphatic heterocycles. The fraction of sp³-hybridized carbons (Fsp3) is 0.106. The Labute approximate surface area is 286 Å². The predicted molar refractivity (Wildman–Crippen MR) is 203 cm³/mol. The van der Waals surface area contributed by atoms with Crippen LogP contribution in [0.15, 0.2) is 162 Å². The van der Waals surface area contributed by atoms with Gasteiger partial charge in [0.25, 0.3) is 0 Å². The van der Waals surface area contributed by atoms with Gasteiger partial charge in [0.15, 0.2) is 0 Å². The van der Waals surface area contributed by atoms with Crippen LogP contribution in [0.2, 0.25) is 0 Å². The lowest BCUT2D eigenvalue weighted by atomic mass is 9.70. The molecular formula is C47H35NO. The van der Waals surface area contributed by atoms with Crippen molar-refractivity contribution in [2.45, 2.75) is 31.6 Å². The number of benzene rings is 7. The smallest absolute Gasteiger partial charge is 0.145 e. The zero-order valence-corrected chi connectivity index (χ0v) is 27.9. The van der Waals surface area contributed by atoms with Crippen LogP contribution in [0.3, 0.4) is 0 Å². The third-order valence-corrected chi connectivity index (χ3v) is 10.8. The fourth-order valence-corrected chi connectivity index (χ4v) is 8.72. The van der Waals surface area contributed by atoms with Crippen LogP contribution >= 0.6 is 0 Å². The summed E-state index contributed by atoms with van der Waals surface area (Å²) in [5.74, 6) is 0. The molecule has 1 aromatic heterocycles. The van der Waals surface area contributed by atoms with Crippen molar-refractivity contribution < 1.29 is 4.42 Å². The number of anilines is 3. The lowest BCUT2D eigenvalue weighted by Crippen LogP contribution is -2.26. The van der Waals surface area contributed by atoms with Crippen molar-refractivity contribution in [1.29, 1.82) is 0 Å². The highest BCUT2D eigenvalue weighted by atomic mass is 16.3. The van der Waals surface area contributed by atoms with Gasteiger partial charge in [-0.2, -0.15) is 0 Å². The van der Waals surface area contributed by atoms with E-state index >= 15 is 0 Å². The van der Waals surface area contributed by atoms with E-state index in [1.54, 1.807) is 0 Å². The average Bonchev–Trinajstić information content (AvgIpc) is 3.76. The molecule has 234 valence electrons. The second kappa shape index (κ2) is 10.1. The average molecular weight is 630 g/mol. The van der Waals surface area contributed by atoms with Gasteiger partial charge in [0.2, 0.25) is 0 Å². The molecule has 2 nitrogen and oxygen atoms in total. The second-order valence-corrected chi connectivity index (χ2v) is 14.5. The van der Waals surface area contributed by atoms with Crippen molar-refractivity contribution in [3.05, 3.63) is 186 Å². The lowest BCUT2D eigenvalue weighted by molar-refractivity contribution is 0.590. The molecule has 2 heteroatoms. The third kappa shape index (κ3) is 3.77. The molecule has 0 saturated heterocycles. The first-order valence-electron chi connectivity index (χ1n) is 17.2. The van der Waals surface area contributed by atoms with Crippen LogP contribution in [0.5, 0.6) is 0 Å². The van der Waals surface area contributed by atoms with Crippen molar-refractivity contribution in [2.75, 3.05) is 4.90 Å². The molecule has 0 N–H and O–H groups in total. The van der Waals surface area contributed by atoms with E-state index in [2.05, 4.69) is 183 Å². The molecule has 1 spiro atoms. The minimum absolute atomic E-state index is 0.0547. The molecule has 0 bridgehead atoms. The van der Waals surface area contributed by atoms with E-state index in [4.69, 9.17) is 4.42 Å². The lowest BCUT2D eigenvalue weighted by Gasteiger charge is -2.32. The zero-order valence-electron chi connectivity index (χ0n) is 27.9. The van der Waals surface area contributed by atoms with Gasteiger partial charge in [-0.15, -0.1) is 0 Å². The Balaban J connectivity index is 1.38. The molecule has 8 aromatic rings. The standard InChI is InChI=1S/C47H35NO/c1-46(2,3)30-25-27-32(28-26-30)48(31-15-5-4-6-16-31)41-29-40-43(45-44(41)36-20-10-14-24-42(36)49-45)35-19-9-13-23-39(35)47(40)37-21-11-7-17-33(37)34-18-8-12-22-38(34)47/h4-29H,1-3H3. The molecule has 10 rings (SSSR count). The van der Waals surface area contributed by atoms with E-state index in [9.17, 15) is 0 Å². The Morgan fingerprint density at radius 1 is 0.510 bits per heavy atom. The number of rotatable bonds is 3. The van der Waals surface area contributed by atoms with Gasteiger partial charge in [-0.05, 0) is 86.3 Å². The van der Waals surface area contributed by atoms with E-state index in [-0.39, 0.29) is 5.41 Å². The number of nitrogens with zero attached hydrogens (tertiary/aromatic N) is 1. The minimum Gasteiger partial charge on any atom is -0.455 e. The van der Waals surface area contributed by atoms with Crippen LogP contribution in [0.25, 0.3) is 44.2 Å². The molecule has 7 aromatic carbocycles. The summed E-state index contributed by atoms with van der Waals surface area (Å²) >= 11 is 0. The largest absolute Gasteiger partial charge is 0.455 e. The van der Waals surface area contributed by atoms with E-state index < -0.39 is 5.41 Å². The number of hydrogen-bond donors (Lipinski definition) is 0. The molecule has 0 radical (unpaired) electrons. The summed E-state index contributed by atoms with van der Waals surface area (Å²) in [4.78, 5) is 2.43. The Kier molecular flexibility index (Phi) is 5.79. The first-order valence-corrected chi connectivity index (χ1v) is 17.2. The topological polar surface area (TPSA) is 16.4 Å². The van der Waals surface area contributed by atoms with Gasteiger partial charge in [-0.3, -0.25) is 0 Å². The Morgan fingerprint density at radius 3 is 1.69 bits per heavy atom. The molecule has 0 atom stereocenters. The van der Waals surface area contributed by atoms with Crippen molar-refractivity contribution in [3.63, 3.8) is 0 Å². The molecule has 0 amide bonds. The fourth-order valence-electron chi connectivity index (χ4n) is 8.72. The van der Waals surface area contributed by atoms with Crippen LogP contribution in [0.4, 0.5) is 17.1 Å². The molecule has 0 saturated carbocycles. The van der Waals surface area contributed by atoms with Crippen LogP contribution in [-0.2, 0) is 10.8 Å². The summed E-state index contributed by atoms with van der Waals surface area (Å²) in [5, 5.41) is 2.25. The van der Waals surface area contributed by atoms with E-state index in [0.29, 0.717) is 0 Å². The first-order chi connectivity index (χ1) is 24.0. The highest BCUT2D eigenvalue weighted by Gasteiger charge is 2.53. The second-order valence-electron chi connectivity index (χ2n) is 14.5. The Morgan fingerprint density at radius 2 is 1.04 bits per heavy atom. The molecular weight excluding hydrogens is 595 g/mol. The van der Waals surface area contributed by atoms with Crippen LogP contribution in [0, 0.1) is 0 Å². The molecule has 1 heterocycles. The van der Waals surface area contributed by atoms with Gasteiger partial charge >= 0.3 is 0 Å². The minimum atomic E-state index is -0.487. The van der Waals surface area contributed by atoms with Crippen molar-refractivity contribution in [1.82, 2.24) is 0 Å². The summed E-state index contributed by atoms with van der Waals surface area (Å²) in [6.45, 7) is 6.81. The van der Waals surface area contributed by atoms with Crippen LogP contribution < -0.4 is 4.90 Å². The maximum Gasteiger partial charge on any atom is 0.145 e. The van der Waals surface area contributed by atoms with E-state index in [1.165, 1.54) is 50.1 Å². The molecule has 0 fully saturated rings. The monoisotopic (exact) mass is 629 g/mol. The Bertz CT molecular complexity index is 2540. The number of para-hydroxylation sites is 2. The maximum absolute atomic E-state index is 7.03. The predicted octanol–water partition coefficient (Wildman–Crippen LogP) is 12.7. The molecule has 49 heavy (non-hydrogen) atoms. The number of furan rings is 1.